The molecule has 0 aliphatic carbocycles. The van der Waals surface area contributed by atoms with Gasteiger partial charge in [0.25, 0.3) is 11.8 Å². The van der Waals surface area contributed by atoms with E-state index in [2.05, 4.69) is 31.1 Å². The fourth-order valence-corrected chi connectivity index (χ4v) is 2.94. The summed E-state index contributed by atoms with van der Waals surface area (Å²) in [4.78, 5) is 51.0. The zero-order valence-corrected chi connectivity index (χ0v) is 16.9. The number of hydrogen-bond donors (Lipinski definition) is 2. The number of ether oxygens (including phenoxy) is 1. The summed E-state index contributed by atoms with van der Waals surface area (Å²) >= 11 is 0. The lowest BCUT2D eigenvalue weighted by atomic mass is 9.87. The molecule has 0 saturated heterocycles. The lowest BCUT2D eigenvalue weighted by molar-refractivity contribution is -0.123. The van der Waals surface area contributed by atoms with E-state index in [0.717, 1.165) is 11.6 Å². The van der Waals surface area contributed by atoms with Gasteiger partial charge in [0.2, 0.25) is 5.56 Å². The first-order valence-electron chi connectivity index (χ1n) is 9.39. The second kappa shape index (κ2) is 8.32. The van der Waals surface area contributed by atoms with Gasteiger partial charge in [-0.05, 0) is 29.2 Å². The minimum absolute atomic E-state index is 0.0474. The highest BCUT2D eigenvalue weighted by Crippen LogP contribution is 2.22. The standard InChI is InChI=1S/C23H22N2O5/c1-23(2,3)15-10-8-14(9-11-15)21(28)25-20(27)13-30-22(29)17-12-19(26)24-18-7-5-4-6-16(17)18/h4-12H,13H2,1-3H3,(H,24,26)(H,25,27,28). The van der Waals surface area contributed by atoms with Gasteiger partial charge in [-0.1, -0.05) is 51.1 Å². The number of amides is 2. The maximum absolute atomic E-state index is 12.4. The van der Waals surface area contributed by atoms with Crippen molar-refractivity contribution in [1.29, 1.82) is 0 Å². The summed E-state index contributed by atoms with van der Waals surface area (Å²) in [5.41, 5.74) is 1.40. The molecule has 0 bridgehead atoms. The highest BCUT2D eigenvalue weighted by atomic mass is 16.5. The van der Waals surface area contributed by atoms with Crippen molar-refractivity contribution >= 4 is 28.7 Å². The molecule has 7 nitrogen and oxygen atoms in total. The Labute approximate surface area is 173 Å². The molecule has 1 aromatic heterocycles. The fourth-order valence-electron chi connectivity index (χ4n) is 2.94. The van der Waals surface area contributed by atoms with E-state index in [1.165, 1.54) is 0 Å². The second-order valence-corrected chi connectivity index (χ2v) is 7.87. The molecule has 0 aliphatic heterocycles. The number of aromatic nitrogens is 1. The quantitative estimate of drug-likeness (QED) is 0.648. The summed E-state index contributed by atoms with van der Waals surface area (Å²) in [5.74, 6) is -2.17. The third-order valence-corrected chi connectivity index (χ3v) is 4.57. The monoisotopic (exact) mass is 406 g/mol. The number of rotatable bonds is 4. The van der Waals surface area contributed by atoms with E-state index < -0.39 is 29.9 Å². The number of imide groups is 1. The third kappa shape index (κ3) is 4.81. The molecule has 30 heavy (non-hydrogen) atoms. The van der Waals surface area contributed by atoms with Crippen LogP contribution < -0.4 is 10.9 Å². The molecule has 3 aromatic rings. The minimum atomic E-state index is -0.825. The van der Waals surface area contributed by atoms with Crippen LogP contribution in [0.5, 0.6) is 0 Å². The Bertz CT molecular complexity index is 1170. The lowest BCUT2D eigenvalue weighted by Gasteiger charge is -2.19. The van der Waals surface area contributed by atoms with E-state index in [1.807, 2.05) is 12.1 Å². The number of para-hydroxylation sites is 1. The van der Waals surface area contributed by atoms with Crippen molar-refractivity contribution in [3.8, 4) is 0 Å². The Balaban J connectivity index is 1.63. The van der Waals surface area contributed by atoms with Crippen LogP contribution in [-0.2, 0) is 14.9 Å². The summed E-state index contributed by atoms with van der Waals surface area (Å²) in [6.07, 6.45) is 0. The first kappa shape index (κ1) is 21.0. The van der Waals surface area contributed by atoms with Gasteiger partial charge in [0.1, 0.15) is 0 Å². The molecule has 0 saturated carbocycles. The van der Waals surface area contributed by atoms with Gasteiger partial charge in [0.05, 0.1) is 5.56 Å². The second-order valence-electron chi connectivity index (χ2n) is 7.87. The van der Waals surface area contributed by atoms with Crippen LogP contribution in [0.2, 0.25) is 0 Å². The minimum Gasteiger partial charge on any atom is -0.452 e. The summed E-state index contributed by atoms with van der Waals surface area (Å²) in [6.45, 7) is 5.53. The molecule has 7 heteroatoms. The number of fused-ring (bicyclic) bond motifs is 1. The predicted molar refractivity (Wildman–Crippen MR) is 112 cm³/mol. The molecule has 0 atom stereocenters. The number of nitrogens with one attached hydrogen (secondary N) is 2. The Hall–Kier alpha value is -3.74. The van der Waals surface area contributed by atoms with Crippen molar-refractivity contribution < 1.29 is 19.1 Å². The third-order valence-electron chi connectivity index (χ3n) is 4.57. The summed E-state index contributed by atoms with van der Waals surface area (Å²) in [6, 6.07) is 14.8. The maximum atomic E-state index is 12.4. The van der Waals surface area contributed by atoms with E-state index >= 15 is 0 Å². The Kier molecular flexibility index (Phi) is 5.82. The molecular formula is C23H22N2O5. The molecule has 0 spiro atoms. The first-order valence-corrected chi connectivity index (χ1v) is 9.39. The molecular weight excluding hydrogens is 384 g/mol. The number of carbonyl (C=O) groups is 3. The van der Waals surface area contributed by atoms with Crippen molar-refractivity contribution in [2.75, 3.05) is 6.61 Å². The van der Waals surface area contributed by atoms with Crippen molar-refractivity contribution in [3.05, 3.63) is 81.6 Å². The molecule has 2 aromatic carbocycles. The van der Waals surface area contributed by atoms with Gasteiger partial charge in [-0.2, -0.15) is 0 Å². The van der Waals surface area contributed by atoms with Gasteiger partial charge in [-0.25, -0.2) is 4.79 Å². The normalized spacial score (nSPS) is 11.2. The highest BCUT2D eigenvalue weighted by molar-refractivity contribution is 6.06. The van der Waals surface area contributed by atoms with Crippen molar-refractivity contribution in [2.24, 2.45) is 0 Å². The zero-order chi connectivity index (χ0) is 21.9. The fraction of sp³-hybridized carbons (Fsp3) is 0.217. The number of carbonyl (C=O) groups excluding carboxylic acids is 3. The van der Waals surface area contributed by atoms with E-state index in [-0.39, 0.29) is 11.0 Å². The number of H-pyrrole nitrogens is 1. The highest BCUT2D eigenvalue weighted by Gasteiger charge is 2.18. The Morgan fingerprint density at radius 3 is 2.33 bits per heavy atom. The van der Waals surface area contributed by atoms with Crippen molar-refractivity contribution in [3.63, 3.8) is 0 Å². The smallest absolute Gasteiger partial charge is 0.339 e. The molecule has 3 rings (SSSR count). The summed E-state index contributed by atoms with van der Waals surface area (Å²) < 4.78 is 5.00. The van der Waals surface area contributed by atoms with E-state index in [0.29, 0.717) is 16.5 Å². The van der Waals surface area contributed by atoms with Crippen LogP contribution in [-0.4, -0.2) is 29.4 Å². The average molecular weight is 406 g/mol. The topological polar surface area (TPSA) is 105 Å². The maximum Gasteiger partial charge on any atom is 0.339 e. The Morgan fingerprint density at radius 1 is 1.00 bits per heavy atom. The molecule has 154 valence electrons. The average Bonchev–Trinajstić information content (AvgIpc) is 2.70. The van der Waals surface area contributed by atoms with E-state index in [9.17, 15) is 19.2 Å². The van der Waals surface area contributed by atoms with Gasteiger partial charge < -0.3 is 9.72 Å². The van der Waals surface area contributed by atoms with Gasteiger partial charge in [0, 0.05) is 22.5 Å². The van der Waals surface area contributed by atoms with Crippen LogP contribution in [0.4, 0.5) is 0 Å². The molecule has 0 aliphatic rings. The first-order chi connectivity index (χ1) is 14.1. The molecule has 0 fully saturated rings. The predicted octanol–water partition coefficient (Wildman–Crippen LogP) is 2.94. The summed E-state index contributed by atoms with van der Waals surface area (Å²) in [7, 11) is 0. The van der Waals surface area contributed by atoms with E-state index in [1.54, 1.807) is 36.4 Å². The van der Waals surface area contributed by atoms with Crippen LogP contribution in [0, 0.1) is 0 Å². The number of pyridine rings is 1. The van der Waals surface area contributed by atoms with Gasteiger partial charge in [-0.15, -0.1) is 0 Å². The largest absolute Gasteiger partial charge is 0.452 e. The van der Waals surface area contributed by atoms with Crippen LogP contribution in [0.3, 0.4) is 0 Å². The van der Waals surface area contributed by atoms with Crippen molar-refractivity contribution in [2.45, 2.75) is 26.2 Å². The number of hydrogen-bond acceptors (Lipinski definition) is 5. The van der Waals surface area contributed by atoms with Crippen molar-refractivity contribution in [1.82, 2.24) is 10.3 Å². The molecule has 2 amide bonds. The van der Waals surface area contributed by atoms with Crippen LogP contribution in [0.25, 0.3) is 10.9 Å². The number of esters is 1. The van der Waals surface area contributed by atoms with E-state index in [4.69, 9.17) is 4.74 Å². The molecule has 2 N–H and O–H groups in total. The SMILES string of the molecule is CC(C)(C)c1ccc(C(=O)NC(=O)COC(=O)c2cc(=O)[nH]c3ccccc23)cc1. The summed E-state index contributed by atoms with van der Waals surface area (Å²) in [5, 5.41) is 2.68. The lowest BCUT2D eigenvalue weighted by Crippen LogP contribution is -2.34. The Morgan fingerprint density at radius 2 is 1.67 bits per heavy atom. The molecule has 1 heterocycles. The van der Waals surface area contributed by atoms with Gasteiger partial charge in [-0.3, -0.25) is 19.7 Å². The number of benzene rings is 2. The van der Waals surface area contributed by atoms with Gasteiger partial charge in [0.15, 0.2) is 6.61 Å². The van der Waals surface area contributed by atoms with Crippen LogP contribution in [0.15, 0.2) is 59.4 Å². The number of aromatic amines is 1. The molecule has 0 radical (unpaired) electrons. The molecule has 0 unspecified atom stereocenters. The van der Waals surface area contributed by atoms with Crippen LogP contribution >= 0.6 is 0 Å². The van der Waals surface area contributed by atoms with Crippen LogP contribution in [0.1, 0.15) is 47.1 Å². The van der Waals surface area contributed by atoms with Gasteiger partial charge >= 0.3 is 5.97 Å². The zero-order valence-electron chi connectivity index (χ0n) is 16.9.